The van der Waals surface area contributed by atoms with Gasteiger partial charge in [-0.05, 0) is 55.0 Å². The van der Waals surface area contributed by atoms with Gasteiger partial charge in [0.1, 0.15) is 0 Å². The summed E-state index contributed by atoms with van der Waals surface area (Å²) in [7, 11) is 0. The minimum Gasteiger partial charge on any atom is -0.352 e. The molecule has 1 heterocycles. The molecule has 0 aliphatic rings. The number of carbonyl (C=O) groups excluding carboxylic acids is 1. The molecule has 1 aromatic heterocycles. The smallest absolute Gasteiger partial charge is 0.266 e. The molecule has 0 bridgehead atoms. The number of amides is 1. The highest BCUT2D eigenvalue weighted by Crippen LogP contribution is 2.12. The highest BCUT2D eigenvalue weighted by atomic mass is 32.1. The summed E-state index contributed by atoms with van der Waals surface area (Å²) in [4.78, 5) is 28.0. The number of rotatable bonds is 6. The minimum atomic E-state index is -0.180. The van der Waals surface area contributed by atoms with Gasteiger partial charge in [0.25, 0.3) is 11.5 Å². The van der Waals surface area contributed by atoms with Gasteiger partial charge in [-0.1, -0.05) is 31.9 Å². The molecule has 2 N–H and O–H groups in total. The van der Waals surface area contributed by atoms with Gasteiger partial charge in [-0.15, -0.1) is 0 Å². The fourth-order valence-electron chi connectivity index (χ4n) is 2.84. The van der Waals surface area contributed by atoms with Gasteiger partial charge in [0.2, 0.25) is 0 Å². The Hall–Kier alpha value is -2.73. The molecule has 2 aromatic carbocycles. The van der Waals surface area contributed by atoms with Crippen LogP contribution in [-0.2, 0) is 0 Å². The Morgan fingerprint density at radius 3 is 2.58 bits per heavy atom. The third-order valence-corrected chi connectivity index (χ3v) is 4.54. The SMILES string of the molecule is CCCCCNC(=O)c1ccc(-n2c(=S)[nH]c3ccccc3c2=O)cc1. The van der Waals surface area contributed by atoms with Crippen LogP contribution in [0.4, 0.5) is 0 Å². The summed E-state index contributed by atoms with van der Waals surface area (Å²) in [6, 6.07) is 14.1. The van der Waals surface area contributed by atoms with E-state index in [1.54, 1.807) is 30.3 Å². The summed E-state index contributed by atoms with van der Waals surface area (Å²) in [5.74, 6) is -0.108. The van der Waals surface area contributed by atoms with Crippen LogP contribution in [0.2, 0.25) is 0 Å². The lowest BCUT2D eigenvalue weighted by atomic mass is 10.2. The van der Waals surface area contributed by atoms with Crippen molar-refractivity contribution in [1.82, 2.24) is 14.9 Å². The molecule has 0 spiro atoms. The summed E-state index contributed by atoms with van der Waals surface area (Å²) >= 11 is 5.34. The van der Waals surface area contributed by atoms with Crippen LogP contribution in [0.25, 0.3) is 16.6 Å². The molecular weight excluding hydrogens is 346 g/mol. The molecule has 134 valence electrons. The zero-order chi connectivity index (χ0) is 18.5. The minimum absolute atomic E-state index is 0.108. The molecule has 0 aliphatic carbocycles. The van der Waals surface area contributed by atoms with E-state index in [2.05, 4.69) is 17.2 Å². The summed E-state index contributed by atoms with van der Waals surface area (Å²) in [6.45, 7) is 2.80. The number of aromatic nitrogens is 2. The van der Waals surface area contributed by atoms with Crippen LogP contribution in [0.1, 0.15) is 36.5 Å². The summed E-state index contributed by atoms with van der Waals surface area (Å²) in [5.41, 5.74) is 1.72. The Morgan fingerprint density at radius 1 is 1.12 bits per heavy atom. The van der Waals surface area contributed by atoms with Gasteiger partial charge in [-0.3, -0.25) is 14.2 Å². The number of nitrogens with one attached hydrogen (secondary N) is 2. The standard InChI is InChI=1S/C20H21N3O2S/c1-2-3-6-13-21-18(24)14-9-11-15(12-10-14)23-19(25)16-7-4-5-8-17(16)22-20(23)26/h4-5,7-12H,2-3,6,13H2,1H3,(H,21,24)(H,22,26). The highest BCUT2D eigenvalue weighted by Gasteiger charge is 2.09. The first-order chi connectivity index (χ1) is 12.6. The predicted octanol–water partition coefficient (Wildman–Crippen LogP) is 3.97. The number of unbranched alkanes of at least 4 members (excludes halogenated alkanes) is 2. The average Bonchev–Trinajstić information content (AvgIpc) is 2.65. The molecule has 0 radical (unpaired) electrons. The van der Waals surface area contributed by atoms with Gasteiger partial charge < -0.3 is 10.3 Å². The number of para-hydroxylation sites is 1. The molecule has 5 nitrogen and oxygen atoms in total. The van der Waals surface area contributed by atoms with Gasteiger partial charge in [-0.25, -0.2) is 0 Å². The number of H-pyrrole nitrogens is 1. The van der Waals surface area contributed by atoms with E-state index in [4.69, 9.17) is 12.2 Å². The zero-order valence-electron chi connectivity index (χ0n) is 14.6. The first-order valence-electron chi connectivity index (χ1n) is 8.74. The van der Waals surface area contributed by atoms with E-state index < -0.39 is 0 Å². The van der Waals surface area contributed by atoms with Crippen LogP contribution in [0.15, 0.2) is 53.3 Å². The van der Waals surface area contributed by atoms with Gasteiger partial charge >= 0.3 is 0 Å². The highest BCUT2D eigenvalue weighted by molar-refractivity contribution is 7.71. The first kappa shape index (κ1) is 18.1. The average molecular weight is 367 g/mol. The van der Waals surface area contributed by atoms with Crippen LogP contribution in [0.5, 0.6) is 0 Å². The summed E-state index contributed by atoms with van der Waals surface area (Å²) in [5, 5.41) is 3.47. The van der Waals surface area contributed by atoms with Crippen molar-refractivity contribution in [3.63, 3.8) is 0 Å². The number of benzene rings is 2. The molecule has 0 fully saturated rings. The van der Waals surface area contributed by atoms with Crippen molar-refractivity contribution in [3.8, 4) is 5.69 Å². The van der Waals surface area contributed by atoms with E-state index >= 15 is 0 Å². The largest absolute Gasteiger partial charge is 0.352 e. The zero-order valence-corrected chi connectivity index (χ0v) is 15.4. The predicted molar refractivity (Wildman–Crippen MR) is 107 cm³/mol. The van der Waals surface area contributed by atoms with Crippen LogP contribution in [-0.4, -0.2) is 22.0 Å². The molecule has 26 heavy (non-hydrogen) atoms. The fraction of sp³-hybridized carbons (Fsp3) is 0.250. The van der Waals surface area contributed by atoms with Crippen molar-refractivity contribution in [2.75, 3.05) is 6.54 Å². The molecule has 0 unspecified atom stereocenters. The van der Waals surface area contributed by atoms with Gasteiger partial charge in [-0.2, -0.15) is 0 Å². The Morgan fingerprint density at radius 2 is 1.85 bits per heavy atom. The van der Waals surface area contributed by atoms with E-state index in [1.807, 2.05) is 18.2 Å². The molecule has 0 atom stereocenters. The van der Waals surface area contributed by atoms with Crippen molar-refractivity contribution in [3.05, 3.63) is 69.2 Å². The third kappa shape index (κ3) is 3.75. The Balaban J connectivity index is 1.87. The lowest BCUT2D eigenvalue weighted by Crippen LogP contribution is -2.24. The lowest BCUT2D eigenvalue weighted by molar-refractivity contribution is 0.0953. The molecule has 3 rings (SSSR count). The molecule has 3 aromatic rings. The van der Waals surface area contributed by atoms with Gasteiger partial charge in [0.15, 0.2) is 4.77 Å². The Kier molecular flexibility index (Phi) is 5.63. The lowest BCUT2D eigenvalue weighted by Gasteiger charge is -2.09. The van der Waals surface area contributed by atoms with Crippen LogP contribution in [0, 0.1) is 4.77 Å². The van der Waals surface area contributed by atoms with Gasteiger partial charge in [0.05, 0.1) is 16.6 Å². The normalized spacial score (nSPS) is 10.8. The summed E-state index contributed by atoms with van der Waals surface area (Å²) < 4.78 is 1.77. The van der Waals surface area contributed by atoms with Crippen molar-refractivity contribution >= 4 is 29.0 Å². The second-order valence-corrected chi connectivity index (χ2v) is 6.51. The molecule has 0 saturated carbocycles. The molecular formula is C20H21N3O2S. The summed E-state index contributed by atoms with van der Waals surface area (Å²) in [6.07, 6.45) is 3.19. The van der Waals surface area contributed by atoms with Crippen LogP contribution in [0.3, 0.4) is 0 Å². The third-order valence-electron chi connectivity index (χ3n) is 4.26. The van der Waals surface area contributed by atoms with E-state index in [-0.39, 0.29) is 11.5 Å². The van der Waals surface area contributed by atoms with Crippen molar-refractivity contribution in [2.24, 2.45) is 0 Å². The quantitative estimate of drug-likeness (QED) is 0.512. The van der Waals surface area contributed by atoms with Crippen molar-refractivity contribution < 1.29 is 4.79 Å². The molecule has 0 saturated heterocycles. The number of aromatic amines is 1. The monoisotopic (exact) mass is 367 g/mol. The second kappa shape index (κ2) is 8.10. The maximum atomic E-state index is 12.8. The topological polar surface area (TPSA) is 66.9 Å². The molecule has 1 amide bonds. The number of nitrogens with zero attached hydrogens (tertiary/aromatic N) is 1. The molecule has 6 heteroatoms. The van der Waals surface area contributed by atoms with E-state index in [0.717, 1.165) is 19.3 Å². The van der Waals surface area contributed by atoms with Crippen LogP contribution >= 0.6 is 12.2 Å². The number of hydrogen-bond donors (Lipinski definition) is 2. The fourth-order valence-corrected chi connectivity index (χ4v) is 3.14. The van der Waals surface area contributed by atoms with Gasteiger partial charge in [0, 0.05) is 12.1 Å². The van der Waals surface area contributed by atoms with Crippen LogP contribution < -0.4 is 10.9 Å². The van der Waals surface area contributed by atoms with E-state index in [9.17, 15) is 9.59 Å². The maximum absolute atomic E-state index is 12.8. The Labute approximate surface area is 156 Å². The van der Waals surface area contributed by atoms with Crippen molar-refractivity contribution in [2.45, 2.75) is 26.2 Å². The molecule has 0 aliphatic heterocycles. The maximum Gasteiger partial charge on any atom is 0.266 e. The van der Waals surface area contributed by atoms with Crippen molar-refractivity contribution in [1.29, 1.82) is 0 Å². The first-order valence-corrected chi connectivity index (χ1v) is 9.15. The van der Waals surface area contributed by atoms with E-state index in [1.165, 1.54) is 4.57 Å². The number of fused-ring (bicyclic) bond motifs is 1. The second-order valence-electron chi connectivity index (χ2n) is 6.13. The van der Waals surface area contributed by atoms with E-state index in [0.29, 0.717) is 33.5 Å². The Bertz CT molecular complexity index is 1040. The number of carbonyl (C=O) groups is 1. The number of hydrogen-bond acceptors (Lipinski definition) is 3.